The fourth-order valence-corrected chi connectivity index (χ4v) is 2.41. The van der Waals surface area contributed by atoms with Gasteiger partial charge in [-0.15, -0.1) is 0 Å². The zero-order valence-corrected chi connectivity index (χ0v) is 11.1. The predicted molar refractivity (Wildman–Crippen MR) is 74.3 cm³/mol. The van der Waals surface area contributed by atoms with Crippen LogP contribution < -0.4 is 16.2 Å². The summed E-state index contributed by atoms with van der Waals surface area (Å²) in [7, 11) is 1.59. The first kappa shape index (κ1) is 13.2. The molecule has 5 nitrogen and oxygen atoms in total. The summed E-state index contributed by atoms with van der Waals surface area (Å²) in [6, 6.07) is 10.6. The smallest absolute Gasteiger partial charge is 0.267 e. The van der Waals surface area contributed by atoms with Crippen LogP contribution >= 0.6 is 11.8 Å². The van der Waals surface area contributed by atoms with Crippen molar-refractivity contribution in [2.75, 3.05) is 12.8 Å². The minimum atomic E-state index is -0.582. The molecule has 6 heteroatoms. The molecule has 1 aromatic heterocycles. The molecule has 0 aliphatic rings. The zero-order chi connectivity index (χ0) is 13.8. The summed E-state index contributed by atoms with van der Waals surface area (Å²) in [5.74, 6) is 0.139. The van der Waals surface area contributed by atoms with Crippen LogP contribution in [0.5, 0.6) is 5.75 Å². The Labute approximate surface area is 115 Å². The van der Waals surface area contributed by atoms with Crippen molar-refractivity contribution in [3.05, 3.63) is 42.1 Å². The van der Waals surface area contributed by atoms with Gasteiger partial charge in [0.2, 0.25) is 0 Å². The van der Waals surface area contributed by atoms with Gasteiger partial charge in [-0.2, -0.15) is 0 Å². The van der Waals surface area contributed by atoms with Crippen LogP contribution in [0.3, 0.4) is 0 Å². The lowest BCUT2D eigenvalue weighted by atomic mass is 10.3. The van der Waals surface area contributed by atoms with E-state index >= 15 is 0 Å². The average Bonchev–Trinajstić information content (AvgIpc) is 2.41. The molecule has 98 valence electrons. The van der Waals surface area contributed by atoms with Crippen LogP contribution in [0.2, 0.25) is 0 Å². The maximum Gasteiger partial charge on any atom is 0.267 e. The highest BCUT2D eigenvalue weighted by Gasteiger charge is 2.11. The fourth-order valence-electron chi connectivity index (χ4n) is 1.48. The Morgan fingerprint density at radius 2 is 2.00 bits per heavy atom. The number of para-hydroxylation sites is 1. The number of nitrogens with zero attached hydrogens (tertiary/aromatic N) is 1. The predicted octanol–water partition coefficient (Wildman–Crippen LogP) is 1.92. The monoisotopic (exact) mass is 275 g/mol. The maximum atomic E-state index is 11.1. The van der Waals surface area contributed by atoms with Crippen molar-refractivity contribution < 1.29 is 9.53 Å². The minimum Gasteiger partial charge on any atom is -0.496 e. The van der Waals surface area contributed by atoms with Crippen molar-refractivity contribution in [1.82, 2.24) is 4.98 Å². The van der Waals surface area contributed by atoms with Crippen molar-refractivity contribution in [2.45, 2.75) is 9.92 Å². The Morgan fingerprint density at radius 3 is 2.68 bits per heavy atom. The van der Waals surface area contributed by atoms with E-state index in [1.54, 1.807) is 13.2 Å². The Kier molecular flexibility index (Phi) is 3.91. The second kappa shape index (κ2) is 5.62. The molecule has 19 heavy (non-hydrogen) atoms. The molecule has 0 aliphatic heterocycles. The SMILES string of the molecule is COc1ccccc1Sc1nc(C(N)=O)ccc1N. The first-order valence-electron chi connectivity index (χ1n) is 5.49. The van der Waals surface area contributed by atoms with Crippen LogP contribution in [0.25, 0.3) is 0 Å². The first-order chi connectivity index (χ1) is 9.11. The third-order valence-electron chi connectivity index (χ3n) is 2.42. The molecule has 0 atom stereocenters. The standard InChI is InChI=1S/C13H13N3O2S/c1-18-10-4-2-3-5-11(10)19-13-8(14)6-7-9(16-13)12(15)17/h2-7H,14H2,1H3,(H2,15,17). The number of pyridine rings is 1. The maximum absolute atomic E-state index is 11.1. The highest BCUT2D eigenvalue weighted by molar-refractivity contribution is 7.99. The van der Waals surface area contributed by atoms with E-state index in [1.807, 2.05) is 24.3 Å². The van der Waals surface area contributed by atoms with E-state index in [0.717, 1.165) is 10.6 Å². The molecule has 0 saturated heterocycles. The second-order valence-corrected chi connectivity index (χ2v) is 4.74. The first-order valence-corrected chi connectivity index (χ1v) is 6.30. The lowest BCUT2D eigenvalue weighted by molar-refractivity contribution is 0.0995. The van der Waals surface area contributed by atoms with Crippen molar-refractivity contribution in [3.8, 4) is 5.75 Å². The number of anilines is 1. The Hall–Kier alpha value is -2.21. The number of amides is 1. The number of methoxy groups -OCH3 is 1. The molecular weight excluding hydrogens is 262 g/mol. The summed E-state index contributed by atoms with van der Waals surface area (Å²) in [4.78, 5) is 16.1. The molecule has 0 spiro atoms. The van der Waals surface area contributed by atoms with Crippen LogP contribution in [0.15, 0.2) is 46.3 Å². The Balaban J connectivity index is 2.37. The number of carbonyl (C=O) groups excluding carboxylic acids is 1. The number of ether oxygens (including phenoxy) is 1. The van der Waals surface area contributed by atoms with E-state index in [9.17, 15) is 4.79 Å². The third-order valence-corrected chi connectivity index (χ3v) is 3.50. The molecule has 4 N–H and O–H groups in total. The topological polar surface area (TPSA) is 91.2 Å². The van der Waals surface area contributed by atoms with Gasteiger partial charge in [0.25, 0.3) is 5.91 Å². The van der Waals surface area contributed by atoms with E-state index in [2.05, 4.69) is 4.98 Å². The van der Waals surface area contributed by atoms with E-state index in [-0.39, 0.29) is 5.69 Å². The molecule has 1 amide bonds. The molecule has 0 radical (unpaired) electrons. The number of aromatic nitrogens is 1. The van der Waals surface area contributed by atoms with Crippen molar-refractivity contribution in [2.24, 2.45) is 5.73 Å². The van der Waals surface area contributed by atoms with Gasteiger partial charge in [-0.3, -0.25) is 4.79 Å². The molecule has 2 aromatic rings. The summed E-state index contributed by atoms with van der Waals surface area (Å²) in [6.07, 6.45) is 0. The van der Waals surface area contributed by atoms with Gasteiger partial charge in [-0.1, -0.05) is 23.9 Å². The molecule has 0 aliphatic carbocycles. The summed E-state index contributed by atoms with van der Waals surface area (Å²) < 4.78 is 5.25. The quantitative estimate of drug-likeness (QED) is 0.889. The second-order valence-electron chi connectivity index (χ2n) is 3.71. The van der Waals surface area contributed by atoms with E-state index in [1.165, 1.54) is 17.8 Å². The lowest BCUT2D eigenvalue weighted by Gasteiger charge is -2.09. The molecule has 0 fully saturated rings. The van der Waals surface area contributed by atoms with Gasteiger partial charge in [0, 0.05) is 0 Å². The van der Waals surface area contributed by atoms with E-state index in [4.69, 9.17) is 16.2 Å². The fraction of sp³-hybridized carbons (Fsp3) is 0.0769. The van der Waals surface area contributed by atoms with Gasteiger partial charge in [0.1, 0.15) is 16.5 Å². The summed E-state index contributed by atoms with van der Waals surface area (Å²) in [5, 5.41) is 0.529. The van der Waals surface area contributed by atoms with Gasteiger partial charge in [-0.25, -0.2) is 4.98 Å². The van der Waals surface area contributed by atoms with Gasteiger partial charge in [0.15, 0.2) is 0 Å². The van der Waals surface area contributed by atoms with Gasteiger partial charge < -0.3 is 16.2 Å². The highest BCUT2D eigenvalue weighted by Crippen LogP contribution is 2.36. The summed E-state index contributed by atoms with van der Waals surface area (Å²) >= 11 is 1.33. The molecule has 2 rings (SSSR count). The average molecular weight is 275 g/mol. The minimum absolute atomic E-state index is 0.187. The zero-order valence-electron chi connectivity index (χ0n) is 10.3. The van der Waals surface area contributed by atoms with Crippen molar-refractivity contribution in [3.63, 3.8) is 0 Å². The molecule has 0 bridgehead atoms. The van der Waals surface area contributed by atoms with Gasteiger partial charge in [0.05, 0.1) is 17.7 Å². The van der Waals surface area contributed by atoms with Crippen LogP contribution in [0.4, 0.5) is 5.69 Å². The number of nitrogens with two attached hydrogens (primary N) is 2. The van der Waals surface area contributed by atoms with Crippen LogP contribution in [-0.4, -0.2) is 18.0 Å². The highest BCUT2D eigenvalue weighted by atomic mass is 32.2. The van der Waals surface area contributed by atoms with Crippen molar-refractivity contribution in [1.29, 1.82) is 0 Å². The molecule has 1 heterocycles. The number of nitrogen functional groups attached to an aromatic ring is 1. The molecule has 1 aromatic carbocycles. The lowest BCUT2D eigenvalue weighted by Crippen LogP contribution is -2.13. The number of hydrogen-bond acceptors (Lipinski definition) is 5. The summed E-state index contributed by atoms with van der Waals surface area (Å²) in [6.45, 7) is 0. The van der Waals surface area contributed by atoms with Crippen LogP contribution in [0.1, 0.15) is 10.5 Å². The van der Waals surface area contributed by atoms with Crippen LogP contribution in [-0.2, 0) is 0 Å². The Morgan fingerprint density at radius 1 is 1.26 bits per heavy atom. The summed E-state index contributed by atoms with van der Waals surface area (Å²) in [5.41, 5.74) is 11.7. The normalized spacial score (nSPS) is 10.2. The van der Waals surface area contributed by atoms with E-state index < -0.39 is 5.91 Å². The third kappa shape index (κ3) is 2.97. The Bertz CT molecular complexity index is 617. The van der Waals surface area contributed by atoms with E-state index in [0.29, 0.717) is 10.7 Å². The van der Waals surface area contributed by atoms with Gasteiger partial charge in [-0.05, 0) is 24.3 Å². The molecular formula is C13H13N3O2S. The number of hydrogen-bond donors (Lipinski definition) is 2. The van der Waals surface area contributed by atoms with Crippen molar-refractivity contribution >= 4 is 23.4 Å². The number of benzene rings is 1. The number of rotatable bonds is 4. The molecule has 0 unspecified atom stereocenters. The van der Waals surface area contributed by atoms with Gasteiger partial charge >= 0.3 is 0 Å². The molecule has 0 saturated carbocycles. The number of primary amides is 1. The van der Waals surface area contributed by atoms with Crippen LogP contribution in [0, 0.1) is 0 Å². The number of carbonyl (C=O) groups is 1. The largest absolute Gasteiger partial charge is 0.496 e.